The Morgan fingerprint density at radius 3 is 2.63 bits per heavy atom. The van der Waals surface area contributed by atoms with Crippen molar-refractivity contribution in [2.75, 3.05) is 20.2 Å². The molecule has 19 heavy (non-hydrogen) atoms. The molecule has 0 fully saturated rings. The van der Waals surface area contributed by atoms with Gasteiger partial charge in [-0.05, 0) is 50.0 Å². The normalized spacial score (nSPS) is 11.5. The number of rotatable bonds is 9. The summed E-state index contributed by atoms with van der Waals surface area (Å²) in [4.78, 5) is 0. The van der Waals surface area contributed by atoms with Crippen LogP contribution in [0.25, 0.3) is 0 Å². The summed E-state index contributed by atoms with van der Waals surface area (Å²) in [6.07, 6.45) is 3.62. The molecule has 0 atom stereocenters. The molecule has 5 nitrogen and oxygen atoms in total. The highest BCUT2D eigenvalue weighted by molar-refractivity contribution is 5.79. The van der Waals surface area contributed by atoms with Crippen LogP contribution >= 0.6 is 0 Å². The van der Waals surface area contributed by atoms with Gasteiger partial charge in [-0.25, -0.2) is 0 Å². The Balaban J connectivity index is 2.04. The van der Waals surface area contributed by atoms with Crippen LogP contribution in [0.5, 0.6) is 5.75 Å². The van der Waals surface area contributed by atoms with Crippen molar-refractivity contribution >= 4 is 5.84 Å². The maximum absolute atomic E-state index is 8.38. The summed E-state index contributed by atoms with van der Waals surface area (Å²) in [5.74, 6) is 1.19. The van der Waals surface area contributed by atoms with Crippen LogP contribution in [0.1, 0.15) is 24.8 Å². The van der Waals surface area contributed by atoms with Gasteiger partial charge in [-0.15, -0.1) is 0 Å². The van der Waals surface area contributed by atoms with E-state index in [1.807, 2.05) is 12.1 Å². The number of nitrogens with zero attached hydrogens (tertiary/aromatic N) is 1. The molecule has 0 aliphatic carbocycles. The number of nitrogens with two attached hydrogens (primary N) is 1. The molecule has 0 heterocycles. The van der Waals surface area contributed by atoms with E-state index < -0.39 is 0 Å². The zero-order chi connectivity index (χ0) is 13.9. The molecule has 1 aromatic carbocycles. The third kappa shape index (κ3) is 6.67. The molecule has 0 bridgehead atoms. The van der Waals surface area contributed by atoms with Crippen molar-refractivity contribution in [1.82, 2.24) is 5.32 Å². The zero-order valence-corrected chi connectivity index (χ0v) is 11.4. The number of hydrogen-bond donors (Lipinski definition) is 3. The molecule has 1 aromatic rings. The van der Waals surface area contributed by atoms with Crippen molar-refractivity contribution in [1.29, 1.82) is 0 Å². The molecule has 0 unspecified atom stereocenters. The topological polar surface area (TPSA) is 79.9 Å². The summed E-state index contributed by atoms with van der Waals surface area (Å²) < 4.78 is 5.11. The monoisotopic (exact) mass is 265 g/mol. The summed E-state index contributed by atoms with van der Waals surface area (Å²) in [7, 11) is 1.67. The zero-order valence-electron chi connectivity index (χ0n) is 11.4. The highest BCUT2D eigenvalue weighted by Gasteiger charge is 1.96. The van der Waals surface area contributed by atoms with Gasteiger partial charge in [0.25, 0.3) is 0 Å². The smallest absolute Gasteiger partial charge is 0.139 e. The molecule has 0 amide bonds. The van der Waals surface area contributed by atoms with E-state index in [1.54, 1.807) is 7.11 Å². The Hall–Kier alpha value is -1.75. The van der Waals surface area contributed by atoms with Gasteiger partial charge in [0.2, 0.25) is 0 Å². The first kappa shape index (κ1) is 15.3. The molecule has 0 aromatic heterocycles. The maximum atomic E-state index is 8.38. The van der Waals surface area contributed by atoms with Crippen LogP contribution < -0.4 is 15.8 Å². The number of oxime groups is 1. The van der Waals surface area contributed by atoms with Crippen LogP contribution in [0.2, 0.25) is 0 Å². The Bertz CT molecular complexity index is 377. The van der Waals surface area contributed by atoms with Gasteiger partial charge in [0.15, 0.2) is 0 Å². The van der Waals surface area contributed by atoms with Crippen LogP contribution in [0.3, 0.4) is 0 Å². The van der Waals surface area contributed by atoms with E-state index in [0.717, 1.165) is 38.1 Å². The fourth-order valence-corrected chi connectivity index (χ4v) is 1.76. The SMILES string of the molecule is COc1ccc(CCNCCCCC(N)=NO)cc1. The van der Waals surface area contributed by atoms with Crippen molar-refractivity contribution in [2.24, 2.45) is 10.9 Å². The van der Waals surface area contributed by atoms with Gasteiger partial charge in [0.05, 0.1) is 7.11 Å². The lowest BCUT2D eigenvalue weighted by Crippen LogP contribution is -2.19. The largest absolute Gasteiger partial charge is 0.497 e. The van der Waals surface area contributed by atoms with E-state index in [2.05, 4.69) is 22.6 Å². The quantitative estimate of drug-likeness (QED) is 0.209. The van der Waals surface area contributed by atoms with E-state index in [-0.39, 0.29) is 0 Å². The predicted molar refractivity (Wildman–Crippen MR) is 76.8 cm³/mol. The first-order chi connectivity index (χ1) is 9.26. The standard InChI is InChI=1S/C14H23N3O2/c1-19-13-7-5-12(6-8-13)9-11-16-10-3-2-4-14(15)17-18/h5-8,16,18H,2-4,9-11H2,1H3,(H2,15,17). The molecular weight excluding hydrogens is 242 g/mol. The predicted octanol–water partition coefficient (Wildman–Crippen LogP) is 1.74. The number of nitrogens with one attached hydrogen (secondary N) is 1. The lowest BCUT2D eigenvalue weighted by Gasteiger charge is -2.06. The molecule has 0 aliphatic rings. The van der Waals surface area contributed by atoms with Crippen molar-refractivity contribution in [2.45, 2.75) is 25.7 Å². The number of methoxy groups -OCH3 is 1. The summed E-state index contributed by atoms with van der Waals surface area (Å²) in [6, 6.07) is 8.12. The second-order valence-corrected chi connectivity index (χ2v) is 4.40. The minimum absolute atomic E-state index is 0.304. The Morgan fingerprint density at radius 2 is 2.00 bits per heavy atom. The van der Waals surface area contributed by atoms with Gasteiger partial charge < -0.3 is 21.0 Å². The third-order valence-corrected chi connectivity index (χ3v) is 2.91. The fourth-order valence-electron chi connectivity index (χ4n) is 1.76. The van der Waals surface area contributed by atoms with Gasteiger partial charge >= 0.3 is 0 Å². The average Bonchev–Trinajstić information content (AvgIpc) is 2.46. The number of unbranched alkanes of at least 4 members (excludes halogenated alkanes) is 1. The van der Waals surface area contributed by atoms with Crippen LogP contribution in [-0.2, 0) is 6.42 Å². The van der Waals surface area contributed by atoms with Crippen LogP contribution in [0.15, 0.2) is 29.4 Å². The second-order valence-electron chi connectivity index (χ2n) is 4.40. The van der Waals surface area contributed by atoms with Crippen molar-refractivity contribution < 1.29 is 9.94 Å². The summed E-state index contributed by atoms with van der Waals surface area (Å²) >= 11 is 0. The van der Waals surface area contributed by atoms with E-state index in [1.165, 1.54) is 5.56 Å². The van der Waals surface area contributed by atoms with Gasteiger partial charge in [-0.2, -0.15) is 0 Å². The summed E-state index contributed by atoms with van der Waals surface area (Å²) in [5, 5.41) is 14.7. The molecule has 5 heteroatoms. The third-order valence-electron chi connectivity index (χ3n) is 2.91. The van der Waals surface area contributed by atoms with Crippen molar-refractivity contribution in [3.05, 3.63) is 29.8 Å². The van der Waals surface area contributed by atoms with Crippen molar-refractivity contribution in [3.63, 3.8) is 0 Å². The number of ether oxygens (including phenoxy) is 1. The summed E-state index contributed by atoms with van der Waals surface area (Å²) in [5.41, 5.74) is 6.68. The van der Waals surface area contributed by atoms with E-state index >= 15 is 0 Å². The molecule has 0 radical (unpaired) electrons. The van der Waals surface area contributed by atoms with Gasteiger partial charge in [-0.1, -0.05) is 17.3 Å². The maximum Gasteiger partial charge on any atom is 0.139 e. The van der Waals surface area contributed by atoms with E-state index in [4.69, 9.17) is 15.7 Å². The molecular formula is C14H23N3O2. The molecule has 0 saturated carbocycles. The number of hydrogen-bond acceptors (Lipinski definition) is 4. The van der Waals surface area contributed by atoms with Gasteiger partial charge in [-0.3, -0.25) is 0 Å². The van der Waals surface area contributed by atoms with Crippen LogP contribution in [-0.4, -0.2) is 31.2 Å². The molecule has 4 N–H and O–H groups in total. The first-order valence-electron chi connectivity index (χ1n) is 6.56. The van der Waals surface area contributed by atoms with Gasteiger partial charge in [0, 0.05) is 6.42 Å². The highest BCUT2D eigenvalue weighted by Crippen LogP contribution is 2.11. The Labute approximate surface area is 114 Å². The average molecular weight is 265 g/mol. The molecule has 0 spiro atoms. The van der Waals surface area contributed by atoms with Crippen molar-refractivity contribution in [3.8, 4) is 5.75 Å². The Morgan fingerprint density at radius 1 is 1.26 bits per heavy atom. The van der Waals surface area contributed by atoms with Gasteiger partial charge in [0.1, 0.15) is 11.6 Å². The number of amidine groups is 1. The van der Waals surface area contributed by atoms with Crippen LogP contribution in [0, 0.1) is 0 Å². The highest BCUT2D eigenvalue weighted by atomic mass is 16.5. The van der Waals surface area contributed by atoms with E-state index in [9.17, 15) is 0 Å². The fraction of sp³-hybridized carbons (Fsp3) is 0.500. The second kappa shape index (κ2) is 9.22. The number of benzene rings is 1. The first-order valence-corrected chi connectivity index (χ1v) is 6.56. The summed E-state index contributed by atoms with van der Waals surface area (Å²) in [6.45, 7) is 1.91. The molecule has 0 saturated heterocycles. The lowest BCUT2D eigenvalue weighted by atomic mass is 10.1. The molecule has 1 rings (SSSR count). The minimum atomic E-state index is 0.304. The van der Waals surface area contributed by atoms with E-state index in [0.29, 0.717) is 12.3 Å². The van der Waals surface area contributed by atoms with Crippen LogP contribution in [0.4, 0.5) is 0 Å². The lowest BCUT2D eigenvalue weighted by molar-refractivity contribution is 0.316. The minimum Gasteiger partial charge on any atom is -0.497 e. The Kier molecular flexibility index (Phi) is 7.43. The molecule has 106 valence electrons. The molecule has 0 aliphatic heterocycles.